The van der Waals surface area contributed by atoms with Crippen LogP contribution in [0.5, 0.6) is 0 Å². The number of aliphatic hydroxyl groups excluding tert-OH is 3. The number of aromatic nitrogens is 1. The van der Waals surface area contributed by atoms with E-state index in [0.717, 1.165) is 22.8 Å². The summed E-state index contributed by atoms with van der Waals surface area (Å²) in [6, 6.07) is 9.20. The van der Waals surface area contributed by atoms with E-state index in [4.69, 9.17) is 33.2 Å². The molecule has 16 heteroatoms. The Bertz CT molecular complexity index is 1890. The van der Waals surface area contributed by atoms with Crippen LogP contribution in [0.2, 0.25) is 0 Å². The van der Waals surface area contributed by atoms with Crippen LogP contribution in [0.25, 0.3) is 17.0 Å². The molecule has 16 nitrogen and oxygen atoms in total. The Morgan fingerprint density at radius 3 is 2.45 bits per heavy atom. The summed E-state index contributed by atoms with van der Waals surface area (Å²) in [6.45, 7) is 12.2. The molecule has 5 rings (SSSR count). The van der Waals surface area contributed by atoms with Crippen LogP contribution in [-0.4, -0.2) is 169 Å². The van der Waals surface area contributed by atoms with Crippen molar-refractivity contribution in [1.82, 2.24) is 14.8 Å². The zero-order valence-electron chi connectivity index (χ0n) is 40.7. The van der Waals surface area contributed by atoms with E-state index in [1.807, 2.05) is 87.0 Å². The molecule has 4 heterocycles. The van der Waals surface area contributed by atoms with Crippen molar-refractivity contribution >= 4 is 35.2 Å². The summed E-state index contributed by atoms with van der Waals surface area (Å²) in [4.78, 5) is 47.0. The number of esters is 2. The lowest BCUT2D eigenvalue weighted by molar-refractivity contribution is -0.341. The van der Waals surface area contributed by atoms with Crippen molar-refractivity contribution in [3.8, 4) is 0 Å². The molecule has 0 bridgehead atoms. The molecule has 0 amide bonds. The van der Waals surface area contributed by atoms with Crippen molar-refractivity contribution in [3.63, 3.8) is 0 Å². The van der Waals surface area contributed by atoms with Crippen LogP contribution in [-0.2, 0) is 47.5 Å². The molecule has 3 aliphatic heterocycles. The first-order valence-corrected chi connectivity index (χ1v) is 23.8. The number of para-hydroxylation sites is 1. The molecule has 5 unspecified atom stereocenters. The fourth-order valence-electron chi connectivity index (χ4n) is 9.75. The molecule has 0 spiro atoms. The number of aldehydes is 1. The number of rotatable bonds is 13. The first-order valence-electron chi connectivity index (χ1n) is 23.8. The molecule has 3 N–H and O–H groups in total. The normalized spacial score (nSPS) is 37.2. The van der Waals surface area contributed by atoms with E-state index in [0.29, 0.717) is 32.4 Å². The summed E-state index contributed by atoms with van der Waals surface area (Å²) < 4.78 is 44.1. The summed E-state index contributed by atoms with van der Waals surface area (Å²) in [7, 11) is 6.93. The number of pyridine rings is 1. The monoisotopic (exact) mass is 928 g/mol. The van der Waals surface area contributed by atoms with E-state index in [1.165, 1.54) is 7.11 Å². The van der Waals surface area contributed by atoms with Gasteiger partial charge < -0.3 is 63.1 Å². The lowest BCUT2D eigenvalue weighted by Gasteiger charge is -2.51. The first-order chi connectivity index (χ1) is 31.4. The molecule has 0 aliphatic carbocycles. The van der Waals surface area contributed by atoms with Crippen molar-refractivity contribution in [2.24, 2.45) is 17.8 Å². The van der Waals surface area contributed by atoms with Crippen molar-refractivity contribution in [1.29, 1.82) is 0 Å². The number of likely N-dealkylation sites (N-methyl/N-ethyl adjacent to an activating group) is 2. The highest BCUT2D eigenvalue weighted by Gasteiger charge is 2.52. The number of methoxy groups -OCH3 is 1. The number of benzene rings is 1. The minimum atomic E-state index is -1.45. The fraction of sp³-hybridized carbons (Fsp3) is 0.720. The average molecular weight is 928 g/mol. The number of β-amino-alcohol motifs (C(OH)–C–C–N with tert-alkyl or cyclic N) is 1. The number of cyclic esters (lactones) is 1. The van der Waals surface area contributed by atoms with Crippen LogP contribution >= 0.6 is 0 Å². The van der Waals surface area contributed by atoms with E-state index in [1.54, 1.807) is 34.1 Å². The third-order valence-corrected chi connectivity index (χ3v) is 13.9. The maximum atomic E-state index is 13.7. The summed E-state index contributed by atoms with van der Waals surface area (Å²) >= 11 is 0. The Kier molecular flexibility index (Phi) is 20.1. The lowest BCUT2D eigenvalue weighted by Crippen LogP contribution is -2.65. The number of fused-ring (bicyclic) bond motifs is 1. The number of carbonyl (C=O) groups excluding carboxylic acids is 3. The molecule has 370 valence electrons. The van der Waals surface area contributed by atoms with Gasteiger partial charge in [-0.25, -0.2) is 0 Å². The smallest absolute Gasteiger partial charge is 0.308 e. The SMILES string of the molecule is CCC(=O)OC1(C)C[C@H](O[C@H]2C(C)O[C@@H](O[C@H]3[C@@H](CC=O)C[C@@H](C)[C@@H](O)CN(C)CCC[C@H](C/C=C/c4cnc5ccccc5c4)OC(=O)C[C@@H](O)[C@@H]3OC)C(O)C2N(C)C)OC(C)[C@@H]1C. The number of aliphatic hydroxyl groups is 3. The van der Waals surface area contributed by atoms with Gasteiger partial charge in [0.1, 0.15) is 36.3 Å². The Morgan fingerprint density at radius 2 is 1.76 bits per heavy atom. The second-order valence-corrected chi connectivity index (χ2v) is 19.3. The summed E-state index contributed by atoms with van der Waals surface area (Å²) in [5, 5.41) is 36.6. The number of hydrogen-bond acceptors (Lipinski definition) is 16. The minimum absolute atomic E-state index is 0.0338. The van der Waals surface area contributed by atoms with Gasteiger partial charge >= 0.3 is 11.9 Å². The van der Waals surface area contributed by atoms with Crippen LogP contribution in [0, 0.1) is 17.8 Å². The minimum Gasteiger partial charge on any atom is -0.462 e. The van der Waals surface area contributed by atoms with Crippen LogP contribution in [0.1, 0.15) is 98.5 Å². The second-order valence-electron chi connectivity index (χ2n) is 19.3. The van der Waals surface area contributed by atoms with Gasteiger partial charge in [-0.1, -0.05) is 51.1 Å². The molecule has 1 aromatic heterocycles. The van der Waals surface area contributed by atoms with Gasteiger partial charge in [-0.3, -0.25) is 14.6 Å². The Balaban J connectivity index is 1.38. The van der Waals surface area contributed by atoms with Gasteiger partial charge in [0.2, 0.25) is 0 Å². The first kappa shape index (κ1) is 53.5. The number of nitrogens with zero attached hydrogens (tertiary/aromatic N) is 3. The maximum absolute atomic E-state index is 13.7. The number of carbonyl (C=O) groups is 3. The Hall–Kier alpha value is -3.42. The van der Waals surface area contributed by atoms with Crippen LogP contribution in [0.15, 0.2) is 42.6 Å². The summed E-state index contributed by atoms with van der Waals surface area (Å²) in [5.41, 5.74) is 0.947. The number of hydrogen-bond donors (Lipinski definition) is 3. The van der Waals surface area contributed by atoms with Gasteiger partial charge in [0.15, 0.2) is 12.6 Å². The third-order valence-electron chi connectivity index (χ3n) is 13.9. The quantitative estimate of drug-likeness (QED) is 0.181. The predicted octanol–water partition coefficient (Wildman–Crippen LogP) is 4.92. The van der Waals surface area contributed by atoms with Gasteiger partial charge in [0, 0.05) is 56.8 Å². The molecular formula is C50H77N3O13. The van der Waals surface area contributed by atoms with Gasteiger partial charge in [-0.05, 0) is 97.3 Å². The van der Waals surface area contributed by atoms with Crippen molar-refractivity contribution in [3.05, 3.63) is 48.2 Å². The summed E-state index contributed by atoms with van der Waals surface area (Å²) in [6.07, 6.45) is -1.81. The zero-order valence-corrected chi connectivity index (χ0v) is 40.7. The largest absolute Gasteiger partial charge is 0.462 e. The molecule has 3 aliphatic rings. The van der Waals surface area contributed by atoms with E-state index in [-0.39, 0.29) is 49.6 Å². The maximum Gasteiger partial charge on any atom is 0.308 e. The van der Waals surface area contributed by atoms with Crippen LogP contribution in [0.4, 0.5) is 0 Å². The Labute approximate surface area is 391 Å². The Morgan fingerprint density at radius 1 is 1.02 bits per heavy atom. The molecule has 66 heavy (non-hydrogen) atoms. The van der Waals surface area contributed by atoms with Crippen LogP contribution in [0.3, 0.4) is 0 Å². The molecule has 1 aromatic carbocycles. The second kappa shape index (κ2) is 24.7. The van der Waals surface area contributed by atoms with Gasteiger partial charge in [-0.15, -0.1) is 0 Å². The molecule has 2 aromatic rings. The zero-order chi connectivity index (χ0) is 48.3. The van der Waals surface area contributed by atoms with E-state index in [9.17, 15) is 29.7 Å². The van der Waals surface area contributed by atoms with E-state index in [2.05, 4.69) is 4.98 Å². The molecule has 0 radical (unpaired) electrons. The highest BCUT2D eigenvalue weighted by atomic mass is 16.7. The summed E-state index contributed by atoms with van der Waals surface area (Å²) in [5.74, 6) is -2.04. The highest BCUT2D eigenvalue weighted by Crippen LogP contribution is 2.40. The van der Waals surface area contributed by atoms with Crippen molar-refractivity contribution < 1.29 is 62.9 Å². The van der Waals surface area contributed by atoms with Gasteiger partial charge in [-0.2, -0.15) is 0 Å². The van der Waals surface area contributed by atoms with Gasteiger partial charge in [0.05, 0.1) is 48.5 Å². The molecule has 3 fully saturated rings. The predicted molar refractivity (Wildman–Crippen MR) is 248 cm³/mol. The number of ether oxygens (including phenoxy) is 7. The van der Waals surface area contributed by atoms with Crippen molar-refractivity contribution in [2.45, 2.75) is 172 Å². The standard InChI is InChI=1S/C50H77N3O13/c1-11-41(57)66-50(6)27-43(61-32(4)31(50)3)64-46-33(5)62-49(45(59)44(46)52(7)8)65-47-36(21-23-54)24-30(2)40(56)29-53(9)22-15-19-37(63-42(58)26-39(55)48(47)60-10)18-14-16-34-25-35-17-12-13-20-38(35)51-28-34/h12-14,16-17,20,23,25,28,30-33,36-37,39-40,43-49,55-56,59H,11,15,18-19,21-22,24,26-27,29H2,1-10H3/b16-14+/t30-,31+,32?,33?,36+,37+,39-,40+,43+,44?,45?,46+,47+,48+,49+,50?/m1/s1. The van der Waals surface area contributed by atoms with Gasteiger partial charge in [0.25, 0.3) is 0 Å². The van der Waals surface area contributed by atoms with Crippen LogP contribution < -0.4 is 0 Å². The third kappa shape index (κ3) is 14.1. The lowest BCUT2D eigenvalue weighted by atomic mass is 9.81. The van der Waals surface area contributed by atoms with E-state index < -0.39 is 91.4 Å². The fourth-order valence-corrected chi connectivity index (χ4v) is 9.75. The molecule has 16 atom stereocenters. The molecule has 3 saturated heterocycles. The highest BCUT2D eigenvalue weighted by molar-refractivity contribution is 5.80. The molecule has 0 saturated carbocycles. The van der Waals surface area contributed by atoms with Crippen molar-refractivity contribution in [2.75, 3.05) is 41.3 Å². The molecular weight excluding hydrogens is 851 g/mol. The van der Waals surface area contributed by atoms with E-state index >= 15 is 0 Å². The topological polar surface area (TPSA) is 196 Å². The average Bonchev–Trinajstić information content (AvgIpc) is 3.26.